The molecule has 1 amide bonds. The van der Waals surface area contributed by atoms with E-state index in [1.807, 2.05) is 13.0 Å². The number of hydrogen-bond acceptors (Lipinski definition) is 4. The Hall–Kier alpha value is -2.35. The Labute approximate surface area is 182 Å². The van der Waals surface area contributed by atoms with Gasteiger partial charge in [0.25, 0.3) is 15.9 Å². The first-order chi connectivity index (χ1) is 13.7. The molecule has 0 radical (unpaired) electrons. The van der Waals surface area contributed by atoms with E-state index in [0.29, 0.717) is 9.50 Å². The molecule has 0 aliphatic carbocycles. The van der Waals surface area contributed by atoms with Crippen LogP contribution in [0.3, 0.4) is 0 Å². The Morgan fingerprint density at radius 3 is 2.55 bits per heavy atom. The molecule has 0 aliphatic rings. The number of hydrogen-bond donors (Lipinski definition) is 1. The molecule has 0 aliphatic heterocycles. The number of sulfonamides is 1. The zero-order valence-electron chi connectivity index (χ0n) is 15.4. The highest BCUT2D eigenvalue weighted by Crippen LogP contribution is 2.23. The number of benzene rings is 3. The first kappa shape index (κ1) is 21.4. The monoisotopic (exact) mass is 493 g/mol. The van der Waals surface area contributed by atoms with Crippen molar-refractivity contribution in [1.82, 2.24) is 4.72 Å². The molecule has 0 bridgehead atoms. The third-order valence-corrected chi connectivity index (χ3v) is 6.06. The van der Waals surface area contributed by atoms with Crippen molar-refractivity contribution in [3.8, 4) is 5.75 Å². The second-order valence-corrected chi connectivity index (χ2v) is 9.34. The van der Waals surface area contributed by atoms with E-state index in [0.717, 1.165) is 11.1 Å². The van der Waals surface area contributed by atoms with Gasteiger partial charge >= 0.3 is 0 Å². The number of carbonyl (C=O) groups excluding carboxylic acids is 1. The highest BCUT2D eigenvalue weighted by atomic mass is 79.9. The first-order valence-corrected chi connectivity index (χ1v) is 11.2. The fraction of sp³-hybridized carbons (Fsp3) is 0.0952. The van der Waals surface area contributed by atoms with Gasteiger partial charge in [-0.25, -0.2) is 13.1 Å². The molecule has 0 atom stereocenters. The smallest absolute Gasteiger partial charge is 0.268 e. The number of rotatable bonds is 6. The maximum absolute atomic E-state index is 12.7. The quantitative estimate of drug-likeness (QED) is 0.517. The molecular formula is C21H17BrClNO4S. The van der Waals surface area contributed by atoms with E-state index in [1.54, 1.807) is 42.5 Å². The molecule has 0 unspecified atom stereocenters. The lowest BCUT2D eigenvalue weighted by Gasteiger charge is -2.13. The van der Waals surface area contributed by atoms with Crippen LogP contribution in [0.4, 0.5) is 0 Å². The Morgan fingerprint density at radius 2 is 1.83 bits per heavy atom. The lowest BCUT2D eigenvalue weighted by molar-refractivity contribution is 0.0977. The van der Waals surface area contributed by atoms with Crippen LogP contribution in [0, 0.1) is 6.92 Å². The van der Waals surface area contributed by atoms with Crippen molar-refractivity contribution >= 4 is 43.5 Å². The fourth-order valence-electron chi connectivity index (χ4n) is 2.59. The van der Waals surface area contributed by atoms with E-state index >= 15 is 0 Å². The average Bonchev–Trinajstić information content (AvgIpc) is 2.66. The Balaban J connectivity index is 1.83. The van der Waals surface area contributed by atoms with E-state index in [1.165, 1.54) is 18.2 Å². The summed E-state index contributed by atoms with van der Waals surface area (Å²) in [6.07, 6.45) is 0. The summed E-state index contributed by atoms with van der Waals surface area (Å²) < 4.78 is 33.6. The highest BCUT2D eigenvalue weighted by Gasteiger charge is 2.21. The number of ether oxygens (including phenoxy) is 1. The maximum atomic E-state index is 12.7. The van der Waals surface area contributed by atoms with E-state index in [-0.39, 0.29) is 22.8 Å². The first-order valence-electron chi connectivity index (χ1n) is 8.55. The Morgan fingerprint density at radius 1 is 1.07 bits per heavy atom. The lowest BCUT2D eigenvalue weighted by atomic mass is 10.1. The zero-order valence-corrected chi connectivity index (χ0v) is 18.5. The molecule has 0 heterocycles. The minimum Gasteiger partial charge on any atom is -0.488 e. The Bertz CT molecular complexity index is 1160. The average molecular weight is 495 g/mol. The Kier molecular flexibility index (Phi) is 6.62. The van der Waals surface area contributed by atoms with Crippen molar-refractivity contribution in [1.29, 1.82) is 0 Å². The summed E-state index contributed by atoms with van der Waals surface area (Å²) in [5, 5.41) is 0.577. The molecule has 0 fully saturated rings. The molecule has 29 heavy (non-hydrogen) atoms. The van der Waals surface area contributed by atoms with Gasteiger partial charge in [0, 0.05) is 9.50 Å². The summed E-state index contributed by atoms with van der Waals surface area (Å²) in [5.74, 6) is -0.488. The zero-order chi connectivity index (χ0) is 21.0. The molecule has 3 aromatic carbocycles. The van der Waals surface area contributed by atoms with Crippen LogP contribution >= 0.6 is 27.5 Å². The van der Waals surface area contributed by atoms with Crippen LogP contribution < -0.4 is 9.46 Å². The molecular weight excluding hydrogens is 478 g/mol. The predicted octanol–water partition coefficient (Wildman–Crippen LogP) is 5.11. The molecule has 0 saturated heterocycles. The topological polar surface area (TPSA) is 72.5 Å². The van der Waals surface area contributed by atoms with E-state index in [9.17, 15) is 13.2 Å². The van der Waals surface area contributed by atoms with Crippen molar-refractivity contribution in [2.24, 2.45) is 0 Å². The van der Waals surface area contributed by atoms with Gasteiger partial charge in [-0.1, -0.05) is 51.8 Å². The molecule has 150 valence electrons. The number of aryl methyl sites for hydroxylation is 1. The molecule has 0 aromatic heterocycles. The van der Waals surface area contributed by atoms with Crippen molar-refractivity contribution in [2.45, 2.75) is 18.4 Å². The number of nitrogens with one attached hydrogen (secondary N) is 1. The highest BCUT2D eigenvalue weighted by molar-refractivity contribution is 9.10. The van der Waals surface area contributed by atoms with Crippen molar-refractivity contribution < 1.29 is 17.9 Å². The summed E-state index contributed by atoms with van der Waals surface area (Å²) in [5.41, 5.74) is 1.82. The standard InChI is InChI=1S/C21H17BrClNO4S/c1-14-8-9-19(20(10-14)28-13-15-4-2-6-17(23)11-15)21(25)24-29(26,27)18-7-3-5-16(22)12-18/h2-12H,13H2,1H3,(H,24,25). The van der Waals surface area contributed by atoms with Crippen molar-refractivity contribution in [3.05, 3.63) is 92.9 Å². The van der Waals surface area contributed by atoms with Crippen LogP contribution in [-0.4, -0.2) is 14.3 Å². The van der Waals surface area contributed by atoms with Crippen molar-refractivity contribution in [2.75, 3.05) is 0 Å². The molecule has 5 nitrogen and oxygen atoms in total. The van der Waals surface area contributed by atoms with Gasteiger partial charge in [0.2, 0.25) is 0 Å². The van der Waals surface area contributed by atoms with E-state index in [2.05, 4.69) is 20.7 Å². The van der Waals surface area contributed by atoms with Crippen LogP contribution in [0.5, 0.6) is 5.75 Å². The van der Waals surface area contributed by atoms with Gasteiger partial charge in [-0.15, -0.1) is 0 Å². The number of amides is 1. The van der Waals surface area contributed by atoms with Crippen LogP contribution in [-0.2, 0) is 16.6 Å². The van der Waals surface area contributed by atoms with Gasteiger partial charge in [-0.3, -0.25) is 4.79 Å². The second kappa shape index (κ2) is 8.98. The van der Waals surface area contributed by atoms with Crippen LogP contribution in [0.15, 0.2) is 76.1 Å². The van der Waals surface area contributed by atoms with Gasteiger partial charge in [0.05, 0.1) is 10.5 Å². The lowest BCUT2D eigenvalue weighted by Crippen LogP contribution is -2.31. The molecule has 1 N–H and O–H groups in total. The SMILES string of the molecule is Cc1ccc(C(=O)NS(=O)(=O)c2cccc(Br)c2)c(OCc2cccc(Cl)c2)c1. The molecule has 8 heteroatoms. The second-order valence-electron chi connectivity index (χ2n) is 6.31. The van der Waals surface area contributed by atoms with Crippen LogP contribution in [0.1, 0.15) is 21.5 Å². The predicted molar refractivity (Wildman–Crippen MR) is 116 cm³/mol. The van der Waals surface area contributed by atoms with E-state index in [4.69, 9.17) is 16.3 Å². The third-order valence-electron chi connectivity index (χ3n) is 4.00. The number of halogens is 2. The molecule has 3 aromatic rings. The van der Waals surface area contributed by atoms with Gasteiger partial charge < -0.3 is 4.74 Å². The summed E-state index contributed by atoms with van der Waals surface area (Å²) >= 11 is 9.21. The minimum atomic E-state index is -4.03. The summed E-state index contributed by atoms with van der Waals surface area (Å²) in [4.78, 5) is 12.7. The molecule has 0 saturated carbocycles. The summed E-state index contributed by atoms with van der Waals surface area (Å²) in [6.45, 7) is 2.04. The van der Waals surface area contributed by atoms with Crippen LogP contribution in [0.2, 0.25) is 5.02 Å². The van der Waals surface area contributed by atoms with Crippen LogP contribution in [0.25, 0.3) is 0 Å². The van der Waals surface area contributed by atoms with Gasteiger partial charge in [-0.05, 0) is 60.5 Å². The number of carbonyl (C=O) groups is 1. The normalized spacial score (nSPS) is 11.1. The molecule has 0 spiro atoms. The van der Waals surface area contributed by atoms with Gasteiger partial charge in [-0.2, -0.15) is 0 Å². The van der Waals surface area contributed by atoms with Gasteiger partial charge in [0.15, 0.2) is 0 Å². The van der Waals surface area contributed by atoms with Gasteiger partial charge in [0.1, 0.15) is 12.4 Å². The fourth-order valence-corrected chi connectivity index (χ4v) is 4.37. The summed E-state index contributed by atoms with van der Waals surface area (Å²) in [6, 6.07) is 18.2. The minimum absolute atomic E-state index is 0.0197. The maximum Gasteiger partial charge on any atom is 0.268 e. The van der Waals surface area contributed by atoms with Crippen molar-refractivity contribution in [3.63, 3.8) is 0 Å². The van der Waals surface area contributed by atoms with E-state index < -0.39 is 15.9 Å². The largest absolute Gasteiger partial charge is 0.488 e. The molecule has 3 rings (SSSR count). The third kappa shape index (κ3) is 5.59. The summed E-state index contributed by atoms with van der Waals surface area (Å²) in [7, 11) is -4.03.